The van der Waals surface area contributed by atoms with Crippen molar-refractivity contribution in [2.24, 2.45) is 0 Å². The highest BCUT2D eigenvalue weighted by Crippen LogP contribution is 2.38. The average molecular weight is 439 g/mol. The Morgan fingerprint density at radius 3 is 2.67 bits per heavy atom. The predicted molar refractivity (Wildman–Crippen MR) is 120 cm³/mol. The van der Waals surface area contributed by atoms with E-state index in [2.05, 4.69) is 31.3 Å². The molecule has 0 atom stereocenters. The van der Waals surface area contributed by atoms with E-state index in [0.29, 0.717) is 40.0 Å². The Bertz CT molecular complexity index is 1530. The number of nitriles is 1. The van der Waals surface area contributed by atoms with Gasteiger partial charge in [0.05, 0.1) is 34.3 Å². The molecule has 0 aliphatic rings. The van der Waals surface area contributed by atoms with Crippen molar-refractivity contribution < 1.29 is 4.39 Å². The Kier molecular flexibility index (Phi) is 4.99. The average Bonchev–Trinajstić information content (AvgIpc) is 3.48. The maximum atomic E-state index is 14.2. The van der Waals surface area contributed by atoms with E-state index in [1.165, 1.54) is 23.1 Å². The van der Waals surface area contributed by atoms with Gasteiger partial charge in [0.25, 0.3) is 0 Å². The van der Waals surface area contributed by atoms with Crippen molar-refractivity contribution >= 4 is 16.9 Å². The summed E-state index contributed by atoms with van der Waals surface area (Å²) in [6.45, 7) is 2.61. The van der Waals surface area contributed by atoms with E-state index in [1.54, 1.807) is 18.3 Å². The summed E-state index contributed by atoms with van der Waals surface area (Å²) in [5.41, 5.74) is 10.3. The second-order valence-electron chi connectivity index (χ2n) is 7.27. The van der Waals surface area contributed by atoms with Crippen molar-refractivity contribution in [2.75, 3.05) is 5.73 Å². The van der Waals surface area contributed by atoms with Crippen LogP contribution in [0.4, 0.5) is 10.2 Å². The smallest absolute Gasteiger partial charge is 0.156 e. The van der Waals surface area contributed by atoms with E-state index in [1.807, 2.05) is 29.8 Å². The monoisotopic (exact) mass is 439 g/mol. The summed E-state index contributed by atoms with van der Waals surface area (Å²) >= 11 is 0. The van der Waals surface area contributed by atoms with E-state index in [4.69, 9.17) is 5.73 Å². The molecular formula is C23H18FN9. The molecular weight excluding hydrogens is 421 g/mol. The lowest BCUT2D eigenvalue weighted by atomic mass is 9.98. The molecule has 0 spiro atoms. The number of benzene rings is 1. The Labute approximate surface area is 187 Å². The Balaban J connectivity index is 1.80. The van der Waals surface area contributed by atoms with Crippen LogP contribution in [-0.2, 0) is 13.1 Å². The van der Waals surface area contributed by atoms with Crippen LogP contribution in [0.25, 0.3) is 33.5 Å². The van der Waals surface area contributed by atoms with Crippen molar-refractivity contribution in [1.82, 2.24) is 34.7 Å². The summed E-state index contributed by atoms with van der Waals surface area (Å²) in [6.07, 6.45) is 3.20. The third-order valence-electron chi connectivity index (χ3n) is 5.30. The normalized spacial score (nSPS) is 11.1. The fraction of sp³-hybridized carbons (Fsp3) is 0.130. The second kappa shape index (κ2) is 8.12. The number of pyridine rings is 2. The predicted octanol–water partition coefficient (Wildman–Crippen LogP) is 3.41. The number of aromatic nitrogens is 7. The van der Waals surface area contributed by atoms with Gasteiger partial charge < -0.3 is 5.73 Å². The number of hydrogen-bond acceptors (Lipinski definition) is 7. The van der Waals surface area contributed by atoms with Crippen molar-refractivity contribution in [3.05, 3.63) is 71.9 Å². The van der Waals surface area contributed by atoms with Crippen LogP contribution in [0.2, 0.25) is 0 Å². The molecule has 0 bridgehead atoms. The molecule has 2 N–H and O–H groups in total. The van der Waals surface area contributed by atoms with Crippen LogP contribution in [0, 0.1) is 17.1 Å². The number of fused-ring (bicyclic) bond motifs is 1. The van der Waals surface area contributed by atoms with Crippen LogP contribution in [0.15, 0.2) is 54.9 Å². The number of aryl methyl sites for hydroxylation is 1. The topological polar surface area (TPSA) is 124 Å². The van der Waals surface area contributed by atoms with Gasteiger partial charge in [-0.3, -0.25) is 9.67 Å². The molecule has 10 heteroatoms. The van der Waals surface area contributed by atoms with E-state index in [9.17, 15) is 9.65 Å². The number of rotatable bonds is 5. The molecule has 4 aromatic heterocycles. The van der Waals surface area contributed by atoms with Gasteiger partial charge in [-0.1, -0.05) is 18.2 Å². The molecule has 0 unspecified atom stereocenters. The number of anilines is 1. The maximum Gasteiger partial charge on any atom is 0.156 e. The van der Waals surface area contributed by atoms with Crippen molar-refractivity contribution in [1.29, 1.82) is 5.26 Å². The molecule has 5 aromatic rings. The van der Waals surface area contributed by atoms with E-state index >= 15 is 0 Å². The number of halogens is 1. The van der Waals surface area contributed by atoms with E-state index < -0.39 is 5.82 Å². The Morgan fingerprint density at radius 2 is 1.88 bits per heavy atom. The lowest BCUT2D eigenvalue weighted by Gasteiger charge is -2.13. The van der Waals surface area contributed by atoms with Gasteiger partial charge in [0.2, 0.25) is 0 Å². The molecule has 0 aliphatic carbocycles. The molecule has 0 saturated heterocycles. The SMILES string of the molecule is CCn1nccc1-c1c(-c2ccccc2C#N)nc(N)c2nn(Cc3ncccc3F)nc12. The highest BCUT2D eigenvalue weighted by atomic mass is 19.1. The summed E-state index contributed by atoms with van der Waals surface area (Å²) in [5, 5.41) is 23.2. The summed E-state index contributed by atoms with van der Waals surface area (Å²) in [5.74, 6) is -0.287. The highest BCUT2D eigenvalue weighted by molar-refractivity contribution is 6.02. The van der Waals surface area contributed by atoms with Crippen LogP contribution < -0.4 is 5.73 Å². The molecule has 0 fully saturated rings. The fourth-order valence-electron chi connectivity index (χ4n) is 3.79. The first-order chi connectivity index (χ1) is 16.1. The molecule has 0 amide bonds. The standard InChI is InChI=1S/C23H18FN9/c1-2-32-18(9-11-28-32)19-20(15-7-4-3-6-14(15)12-25)29-23(26)22-21(19)30-33(31-22)13-17-16(24)8-5-10-27-17/h3-11H,2,13H2,1H3,(H2,26,29). The summed E-state index contributed by atoms with van der Waals surface area (Å²) in [4.78, 5) is 10.1. The zero-order valence-electron chi connectivity index (χ0n) is 17.6. The summed E-state index contributed by atoms with van der Waals surface area (Å²) in [6, 6.07) is 14.1. The number of nitrogens with two attached hydrogens (primary N) is 1. The highest BCUT2D eigenvalue weighted by Gasteiger charge is 2.24. The van der Waals surface area contributed by atoms with Crippen LogP contribution in [-0.4, -0.2) is 34.7 Å². The van der Waals surface area contributed by atoms with Gasteiger partial charge >= 0.3 is 0 Å². The van der Waals surface area contributed by atoms with Gasteiger partial charge in [-0.25, -0.2) is 9.37 Å². The van der Waals surface area contributed by atoms with Crippen molar-refractivity contribution in [2.45, 2.75) is 20.0 Å². The third kappa shape index (κ3) is 3.45. The number of hydrogen-bond donors (Lipinski definition) is 1. The van der Waals surface area contributed by atoms with Crippen LogP contribution in [0.5, 0.6) is 0 Å². The molecule has 0 saturated carbocycles. The first-order valence-corrected chi connectivity index (χ1v) is 10.3. The largest absolute Gasteiger partial charge is 0.382 e. The molecule has 5 rings (SSSR count). The van der Waals surface area contributed by atoms with Gasteiger partial charge in [0, 0.05) is 24.5 Å². The third-order valence-corrected chi connectivity index (χ3v) is 5.30. The molecule has 1 aromatic carbocycles. The van der Waals surface area contributed by atoms with Crippen LogP contribution >= 0.6 is 0 Å². The molecule has 162 valence electrons. The minimum absolute atomic E-state index is 0.0252. The molecule has 0 radical (unpaired) electrons. The molecule has 9 nitrogen and oxygen atoms in total. The minimum Gasteiger partial charge on any atom is -0.382 e. The fourth-order valence-corrected chi connectivity index (χ4v) is 3.79. The molecule has 4 heterocycles. The lowest BCUT2D eigenvalue weighted by molar-refractivity contribution is 0.540. The maximum absolute atomic E-state index is 14.2. The van der Waals surface area contributed by atoms with Gasteiger partial charge in [-0.15, -0.1) is 5.10 Å². The quantitative estimate of drug-likeness (QED) is 0.445. The minimum atomic E-state index is -0.446. The zero-order chi connectivity index (χ0) is 22.9. The number of nitrogen functional groups attached to an aromatic ring is 1. The van der Waals surface area contributed by atoms with Gasteiger partial charge in [0.15, 0.2) is 11.3 Å². The zero-order valence-corrected chi connectivity index (χ0v) is 17.6. The van der Waals surface area contributed by atoms with Crippen LogP contribution in [0.3, 0.4) is 0 Å². The summed E-state index contributed by atoms with van der Waals surface area (Å²) < 4.78 is 16.0. The van der Waals surface area contributed by atoms with Gasteiger partial charge in [-0.05, 0) is 31.2 Å². The van der Waals surface area contributed by atoms with Crippen molar-refractivity contribution in [3.8, 4) is 28.6 Å². The van der Waals surface area contributed by atoms with Crippen LogP contribution in [0.1, 0.15) is 18.2 Å². The second-order valence-corrected chi connectivity index (χ2v) is 7.27. The first-order valence-electron chi connectivity index (χ1n) is 10.3. The van der Waals surface area contributed by atoms with E-state index in [-0.39, 0.29) is 18.1 Å². The summed E-state index contributed by atoms with van der Waals surface area (Å²) in [7, 11) is 0. The lowest BCUT2D eigenvalue weighted by Crippen LogP contribution is -2.07. The Morgan fingerprint density at radius 1 is 1.06 bits per heavy atom. The van der Waals surface area contributed by atoms with Gasteiger partial charge in [-0.2, -0.15) is 20.3 Å². The molecule has 33 heavy (non-hydrogen) atoms. The number of nitrogens with zero attached hydrogens (tertiary/aromatic N) is 8. The van der Waals surface area contributed by atoms with E-state index in [0.717, 1.165) is 5.69 Å². The molecule has 0 aliphatic heterocycles. The Hall–Kier alpha value is -4.65. The van der Waals surface area contributed by atoms with Crippen molar-refractivity contribution in [3.63, 3.8) is 0 Å². The first kappa shape index (κ1) is 20.3. The van der Waals surface area contributed by atoms with Gasteiger partial charge in [0.1, 0.15) is 17.9 Å².